The Kier molecular flexibility index (Phi) is 4.17. The van der Waals surface area contributed by atoms with E-state index in [0.717, 1.165) is 5.76 Å². The average Bonchev–Trinajstić information content (AvgIpc) is 2.95. The van der Waals surface area contributed by atoms with Crippen LogP contribution in [0, 0.1) is 6.92 Å². The summed E-state index contributed by atoms with van der Waals surface area (Å²) in [6, 6.07) is 23.2. The van der Waals surface area contributed by atoms with Crippen molar-refractivity contribution in [2.24, 2.45) is 0 Å². The summed E-state index contributed by atoms with van der Waals surface area (Å²) in [6.07, 6.45) is 1.74. The van der Waals surface area contributed by atoms with Crippen LogP contribution in [0.25, 0.3) is 0 Å². The number of hydrogen-bond donors (Lipinski definition) is 1. The molecule has 2 nitrogen and oxygen atoms in total. The Hall–Kier alpha value is -2.32. The van der Waals surface area contributed by atoms with Crippen LogP contribution in [-0.4, -0.2) is 0 Å². The predicted molar refractivity (Wildman–Crippen MR) is 85.0 cm³/mol. The molecule has 0 radical (unpaired) electrons. The van der Waals surface area contributed by atoms with E-state index in [9.17, 15) is 0 Å². The summed E-state index contributed by atoms with van der Waals surface area (Å²) in [6.45, 7) is 2.79. The molecule has 2 heteroatoms. The highest BCUT2D eigenvalue weighted by Crippen LogP contribution is 2.22. The van der Waals surface area contributed by atoms with E-state index in [0.29, 0.717) is 6.54 Å². The fourth-order valence-corrected chi connectivity index (χ4v) is 2.50. The van der Waals surface area contributed by atoms with Crippen LogP contribution < -0.4 is 5.32 Å². The summed E-state index contributed by atoms with van der Waals surface area (Å²) in [5, 5.41) is 3.60. The zero-order chi connectivity index (χ0) is 14.5. The van der Waals surface area contributed by atoms with E-state index >= 15 is 0 Å². The van der Waals surface area contributed by atoms with Crippen molar-refractivity contribution in [1.82, 2.24) is 5.32 Å². The van der Waals surface area contributed by atoms with Crippen LogP contribution in [0.3, 0.4) is 0 Å². The molecule has 0 spiro atoms. The molecule has 0 unspecified atom stereocenters. The van der Waals surface area contributed by atoms with Gasteiger partial charge in [0.25, 0.3) is 0 Å². The van der Waals surface area contributed by atoms with Crippen LogP contribution in [0.2, 0.25) is 0 Å². The van der Waals surface area contributed by atoms with Crippen LogP contribution >= 0.6 is 0 Å². The Morgan fingerprint density at radius 3 is 1.90 bits per heavy atom. The van der Waals surface area contributed by atoms with Crippen molar-refractivity contribution in [2.75, 3.05) is 0 Å². The molecule has 3 rings (SSSR count). The lowest BCUT2D eigenvalue weighted by atomic mass is 9.98. The van der Waals surface area contributed by atoms with Crippen molar-refractivity contribution in [3.05, 3.63) is 95.4 Å². The third kappa shape index (κ3) is 3.23. The van der Waals surface area contributed by atoms with Gasteiger partial charge in [-0.05, 0) is 29.7 Å². The van der Waals surface area contributed by atoms with E-state index in [4.69, 9.17) is 4.42 Å². The standard InChI is InChI=1S/C19H19NO/c1-15-12-13-21-18(15)14-20-19(16-8-4-2-5-9-16)17-10-6-3-7-11-17/h2-13,19-20H,14H2,1H3. The van der Waals surface area contributed by atoms with E-state index in [1.54, 1.807) is 6.26 Å². The van der Waals surface area contributed by atoms with Crippen LogP contribution in [0.1, 0.15) is 28.5 Å². The third-order valence-electron chi connectivity index (χ3n) is 3.70. The molecule has 21 heavy (non-hydrogen) atoms. The van der Waals surface area contributed by atoms with Gasteiger partial charge in [0, 0.05) is 0 Å². The minimum atomic E-state index is 0.164. The lowest BCUT2D eigenvalue weighted by Crippen LogP contribution is -2.22. The van der Waals surface area contributed by atoms with Gasteiger partial charge < -0.3 is 4.42 Å². The SMILES string of the molecule is Cc1ccoc1CNC(c1ccccc1)c1ccccc1. The second-order valence-corrected chi connectivity index (χ2v) is 5.16. The number of rotatable bonds is 5. The van der Waals surface area contributed by atoms with E-state index in [1.807, 2.05) is 18.2 Å². The maximum atomic E-state index is 5.52. The lowest BCUT2D eigenvalue weighted by molar-refractivity contribution is 0.465. The van der Waals surface area contributed by atoms with Crippen molar-refractivity contribution in [3.63, 3.8) is 0 Å². The molecule has 0 atom stereocenters. The molecular weight excluding hydrogens is 258 g/mol. The molecule has 0 saturated heterocycles. The first kappa shape index (κ1) is 13.7. The monoisotopic (exact) mass is 277 g/mol. The predicted octanol–water partition coefficient (Wildman–Crippen LogP) is 4.47. The van der Waals surface area contributed by atoms with Crippen molar-refractivity contribution < 1.29 is 4.42 Å². The van der Waals surface area contributed by atoms with Crippen molar-refractivity contribution in [3.8, 4) is 0 Å². The molecule has 0 aliphatic rings. The number of benzene rings is 2. The van der Waals surface area contributed by atoms with E-state index in [-0.39, 0.29) is 6.04 Å². The summed E-state index contributed by atoms with van der Waals surface area (Å²) >= 11 is 0. The quantitative estimate of drug-likeness (QED) is 0.744. The molecule has 0 bridgehead atoms. The van der Waals surface area contributed by atoms with Crippen LogP contribution in [-0.2, 0) is 6.54 Å². The second-order valence-electron chi connectivity index (χ2n) is 5.16. The first-order valence-electron chi connectivity index (χ1n) is 7.21. The molecule has 0 fully saturated rings. The lowest BCUT2D eigenvalue weighted by Gasteiger charge is -2.19. The fourth-order valence-electron chi connectivity index (χ4n) is 2.50. The van der Waals surface area contributed by atoms with Gasteiger partial charge in [0.2, 0.25) is 0 Å². The molecule has 106 valence electrons. The summed E-state index contributed by atoms with van der Waals surface area (Å²) in [4.78, 5) is 0. The summed E-state index contributed by atoms with van der Waals surface area (Å²) < 4.78 is 5.52. The van der Waals surface area contributed by atoms with Crippen LogP contribution in [0.15, 0.2) is 77.4 Å². The van der Waals surface area contributed by atoms with E-state index in [2.05, 4.69) is 60.8 Å². The van der Waals surface area contributed by atoms with Crippen molar-refractivity contribution in [2.45, 2.75) is 19.5 Å². The van der Waals surface area contributed by atoms with Gasteiger partial charge in [-0.3, -0.25) is 5.32 Å². The number of furan rings is 1. The summed E-state index contributed by atoms with van der Waals surface area (Å²) in [7, 11) is 0. The third-order valence-corrected chi connectivity index (χ3v) is 3.70. The normalized spacial score (nSPS) is 11.0. The zero-order valence-corrected chi connectivity index (χ0v) is 12.1. The molecule has 0 saturated carbocycles. The van der Waals surface area contributed by atoms with Gasteiger partial charge in [-0.25, -0.2) is 0 Å². The molecule has 0 amide bonds. The topological polar surface area (TPSA) is 25.2 Å². The maximum Gasteiger partial charge on any atom is 0.120 e. The Bertz CT molecular complexity index is 634. The fraction of sp³-hybridized carbons (Fsp3) is 0.158. The molecule has 1 aromatic heterocycles. The smallest absolute Gasteiger partial charge is 0.120 e. The van der Waals surface area contributed by atoms with Gasteiger partial charge in [0.1, 0.15) is 5.76 Å². The number of nitrogens with one attached hydrogen (secondary N) is 1. The van der Waals surface area contributed by atoms with Gasteiger partial charge in [0.15, 0.2) is 0 Å². The zero-order valence-electron chi connectivity index (χ0n) is 12.1. The minimum Gasteiger partial charge on any atom is -0.468 e. The Labute approximate surface area is 125 Å². The molecular formula is C19H19NO. The summed E-state index contributed by atoms with van der Waals surface area (Å²) in [5.41, 5.74) is 3.70. The molecule has 1 N–H and O–H groups in total. The van der Waals surface area contributed by atoms with Gasteiger partial charge >= 0.3 is 0 Å². The van der Waals surface area contributed by atoms with Gasteiger partial charge in [-0.1, -0.05) is 60.7 Å². The van der Waals surface area contributed by atoms with E-state index in [1.165, 1.54) is 16.7 Å². The highest BCUT2D eigenvalue weighted by Gasteiger charge is 2.14. The van der Waals surface area contributed by atoms with Crippen LogP contribution in [0.4, 0.5) is 0 Å². The number of hydrogen-bond acceptors (Lipinski definition) is 2. The van der Waals surface area contributed by atoms with Crippen molar-refractivity contribution >= 4 is 0 Å². The molecule has 2 aromatic carbocycles. The Balaban J connectivity index is 1.85. The highest BCUT2D eigenvalue weighted by atomic mass is 16.3. The minimum absolute atomic E-state index is 0.164. The van der Waals surface area contributed by atoms with Gasteiger partial charge in [-0.2, -0.15) is 0 Å². The highest BCUT2D eigenvalue weighted by molar-refractivity contribution is 5.31. The molecule has 1 heterocycles. The Morgan fingerprint density at radius 2 is 1.43 bits per heavy atom. The Morgan fingerprint density at radius 1 is 0.857 bits per heavy atom. The molecule has 0 aliphatic heterocycles. The summed E-state index contributed by atoms with van der Waals surface area (Å²) in [5.74, 6) is 0.992. The van der Waals surface area contributed by atoms with Crippen molar-refractivity contribution in [1.29, 1.82) is 0 Å². The first-order valence-corrected chi connectivity index (χ1v) is 7.21. The second kappa shape index (κ2) is 6.42. The molecule has 3 aromatic rings. The maximum absolute atomic E-state index is 5.52. The van der Waals surface area contributed by atoms with Gasteiger partial charge in [-0.15, -0.1) is 0 Å². The number of aryl methyl sites for hydroxylation is 1. The largest absolute Gasteiger partial charge is 0.468 e. The average molecular weight is 277 g/mol. The first-order chi connectivity index (χ1) is 10.3. The van der Waals surface area contributed by atoms with E-state index < -0.39 is 0 Å². The van der Waals surface area contributed by atoms with Gasteiger partial charge in [0.05, 0.1) is 18.8 Å². The van der Waals surface area contributed by atoms with Crippen LogP contribution in [0.5, 0.6) is 0 Å². The molecule has 0 aliphatic carbocycles.